The second kappa shape index (κ2) is 6.51. The van der Waals surface area contributed by atoms with Crippen LogP contribution in [-0.2, 0) is 6.54 Å². The summed E-state index contributed by atoms with van der Waals surface area (Å²) >= 11 is 11.7. The largest absolute Gasteiger partial charge is 0.327 e. The normalized spacial score (nSPS) is 14.8. The summed E-state index contributed by atoms with van der Waals surface area (Å²) in [6.07, 6.45) is 3.28. The lowest BCUT2D eigenvalue weighted by Gasteiger charge is -2.13. The van der Waals surface area contributed by atoms with Gasteiger partial charge in [0.25, 0.3) is 0 Å². The second-order valence-corrected chi connectivity index (χ2v) is 7.55. The van der Waals surface area contributed by atoms with Gasteiger partial charge in [0, 0.05) is 16.3 Å². The Morgan fingerprint density at radius 1 is 1.42 bits per heavy atom. The van der Waals surface area contributed by atoms with Crippen molar-refractivity contribution in [3.05, 3.63) is 28.5 Å². The highest BCUT2D eigenvalue weighted by molar-refractivity contribution is 9.10. The van der Waals surface area contributed by atoms with Gasteiger partial charge >= 0.3 is 0 Å². The van der Waals surface area contributed by atoms with Gasteiger partial charge in [-0.15, -0.1) is 11.6 Å². The maximum absolute atomic E-state index is 6.27. The lowest BCUT2D eigenvalue weighted by Crippen LogP contribution is -2.08. The molecule has 104 valence electrons. The molecule has 5 heteroatoms. The minimum absolute atomic E-state index is 0.0734. The monoisotopic (exact) mass is 360 g/mol. The third-order valence-electron chi connectivity index (χ3n) is 3.26. The number of halogens is 2. The lowest BCUT2D eigenvalue weighted by atomic mass is 10.3. The average molecular weight is 362 g/mol. The SMILES string of the molecule is CSC(C)CCn1c(C(C)Cl)nc2cc(Br)ccc21. The summed E-state index contributed by atoms with van der Waals surface area (Å²) in [6, 6.07) is 6.22. The van der Waals surface area contributed by atoms with Crippen molar-refractivity contribution in [2.75, 3.05) is 6.26 Å². The Balaban J connectivity index is 2.40. The maximum Gasteiger partial charge on any atom is 0.127 e. The second-order valence-electron chi connectivity index (χ2n) is 4.71. The summed E-state index contributed by atoms with van der Waals surface area (Å²) in [6.45, 7) is 5.20. The molecule has 0 fully saturated rings. The predicted octanol–water partition coefficient (Wildman–Crippen LogP) is 5.24. The standard InChI is InChI=1S/C14H18BrClN2S/c1-9(19-3)6-7-18-13-5-4-11(15)8-12(13)17-14(18)10(2)16/h4-5,8-10H,6-7H2,1-3H3. The number of hydrogen-bond donors (Lipinski definition) is 0. The van der Waals surface area contributed by atoms with Gasteiger partial charge in [0.2, 0.25) is 0 Å². The van der Waals surface area contributed by atoms with Crippen molar-refractivity contribution in [2.24, 2.45) is 0 Å². The van der Waals surface area contributed by atoms with Crippen molar-refractivity contribution in [1.29, 1.82) is 0 Å². The minimum Gasteiger partial charge on any atom is -0.327 e. The number of hydrogen-bond acceptors (Lipinski definition) is 2. The zero-order valence-electron chi connectivity index (χ0n) is 11.4. The summed E-state index contributed by atoms with van der Waals surface area (Å²) in [4.78, 5) is 4.67. The molecule has 2 rings (SSSR count). The van der Waals surface area contributed by atoms with Crippen LogP contribution < -0.4 is 0 Å². The first kappa shape index (κ1) is 15.2. The average Bonchev–Trinajstić information content (AvgIpc) is 2.73. The van der Waals surface area contributed by atoms with Crippen LogP contribution in [0.5, 0.6) is 0 Å². The van der Waals surface area contributed by atoms with Crippen LogP contribution in [-0.4, -0.2) is 21.1 Å². The first-order valence-corrected chi connectivity index (χ1v) is 8.87. The first-order chi connectivity index (χ1) is 9.02. The van der Waals surface area contributed by atoms with E-state index in [4.69, 9.17) is 11.6 Å². The van der Waals surface area contributed by atoms with Crippen LogP contribution in [0, 0.1) is 0 Å². The summed E-state index contributed by atoms with van der Waals surface area (Å²) in [5, 5.41) is 0.571. The summed E-state index contributed by atoms with van der Waals surface area (Å²) in [5.41, 5.74) is 2.17. The zero-order chi connectivity index (χ0) is 14.0. The molecule has 0 saturated carbocycles. The van der Waals surface area contributed by atoms with Crippen molar-refractivity contribution >= 4 is 50.3 Å². The van der Waals surface area contributed by atoms with Crippen LogP contribution in [0.3, 0.4) is 0 Å². The number of thioether (sulfide) groups is 1. The van der Waals surface area contributed by atoms with Crippen LogP contribution in [0.15, 0.2) is 22.7 Å². The number of rotatable bonds is 5. The molecule has 2 atom stereocenters. The molecule has 19 heavy (non-hydrogen) atoms. The van der Waals surface area contributed by atoms with E-state index >= 15 is 0 Å². The predicted molar refractivity (Wildman–Crippen MR) is 89.3 cm³/mol. The van der Waals surface area contributed by atoms with Crippen LogP contribution >= 0.6 is 39.3 Å². The first-order valence-electron chi connectivity index (χ1n) is 6.35. The van der Waals surface area contributed by atoms with Gasteiger partial charge in [0.1, 0.15) is 5.82 Å². The van der Waals surface area contributed by atoms with E-state index in [1.54, 1.807) is 0 Å². The molecule has 2 nitrogen and oxygen atoms in total. The number of nitrogens with zero attached hydrogens (tertiary/aromatic N) is 2. The van der Waals surface area contributed by atoms with Gasteiger partial charge < -0.3 is 4.57 Å². The molecule has 0 N–H and O–H groups in total. The summed E-state index contributed by atoms with van der Waals surface area (Å²) in [5.74, 6) is 0.961. The summed E-state index contributed by atoms with van der Waals surface area (Å²) < 4.78 is 3.31. The fourth-order valence-electron chi connectivity index (χ4n) is 2.09. The molecule has 0 aliphatic heterocycles. The van der Waals surface area contributed by atoms with E-state index in [-0.39, 0.29) is 5.38 Å². The highest BCUT2D eigenvalue weighted by Gasteiger charge is 2.15. The third kappa shape index (κ3) is 3.47. The number of aromatic nitrogens is 2. The van der Waals surface area contributed by atoms with Crippen molar-refractivity contribution < 1.29 is 0 Å². The molecule has 0 aliphatic carbocycles. The highest BCUT2D eigenvalue weighted by atomic mass is 79.9. The van der Waals surface area contributed by atoms with E-state index in [2.05, 4.69) is 50.8 Å². The Labute approximate surface area is 132 Å². The quantitative estimate of drug-likeness (QED) is 0.678. The van der Waals surface area contributed by atoms with Gasteiger partial charge in [-0.2, -0.15) is 11.8 Å². The summed E-state index contributed by atoms with van der Waals surface area (Å²) in [7, 11) is 0. The van der Waals surface area contributed by atoms with Gasteiger partial charge in [-0.05, 0) is 37.8 Å². The molecular weight excluding hydrogens is 344 g/mol. The zero-order valence-corrected chi connectivity index (χ0v) is 14.5. The Morgan fingerprint density at radius 3 is 2.79 bits per heavy atom. The molecule has 1 aromatic heterocycles. The van der Waals surface area contributed by atoms with E-state index < -0.39 is 0 Å². The van der Waals surface area contributed by atoms with Crippen LogP contribution in [0.1, 0.15) is 31.5 Å². The van der Waals surface area contributed by atoms with Gasteiger partial charge in [-0.3, -0.25) is 0 Å². The molecule has 2 aromatic rings. The molecule has 2 unspecified atom stereocenters. The molecule has 0 aliphatic rings. The number of imidazole rings is 1. The lowest BCUT2D eigenvalue weighted by molar-refractivity contribution is 0.623. The van der Waals surface area contributed by atoms with E-state index in [0.717, 1.165) is 28.8 Å². The Morgan fingerprint density at radius 2 is 2.16 bits per heavy atom. The molecule has 0 amide bonds. The number of alkyl halides is 1. The fraction of sp³-hybridized carbons (Fsp3) is 0.500. The molecule has 0 spiro atoms. The topological polar surface area (TPSA) is 17.8 Å². The number of fused-ring (bicyclic) bond motifs is 1. The van der Waals surface area contributed by atoms with E-state index in [9.17, 15) is 0 Å². The van der Waals surface area contributed by atoms with Crippen molar-refractivity contribution in [3.8, 4) is 0 Å². The van der Waals surface area contributed by atoms with E-state index in [1.165, 1.54) is 5.52 Å². The molecule has 1 heterocycles. The molecule has 0 saturated heterocycles. The fourth-order valence-corrected chi connectivity index (χ4v) is 2.95. The van der Waals surface area contributed by atoms with Gasteiger partial charge in [0.05, 0.1) is 16.4 Å². The van der Waals surface area contributed by atoms with E-state index in [1.807, 2.05) is 24.8 Å². The van der Waals surface area contributed by atoms with Crippen LogP contribution in [0.2, 0.25) is 0 Å². The van der Waals surface area contributed by atoms with Gasteiger partial charge in [-0.25, -0.2) is 4.98 Å². The molecule has 0 bridgehead atoms. The van der Waals surface area contributed by atoms with E-state index in [0.29, 0.717) is 5.25 Å². The number of aryl methyl sites for hydroxylation is 1. The van der Waals surface area contributed by atoms with Gasteiger partial charge in [-0.1, -0.05) is 22.9 Å². The van der Waals surface area contributed by atoms with Crippen molar-refractivity contribution in [1.82, 2.24) is 9.55 Å². The van der Waals surface area contributed by atoms with Crippen molar-refractivity contribution in [3.63, 3.8) is 0 Å². The Hall–Kier alpha value is -0.190. The number of benzene rings is 1. The third-order valence-corrected chi connectivity index (χ3v) is 4.99. The molecule has 1 aromatic carbocycles. The minimum atomic E-state index is -0.0734. The highest BCUT2D eigenvalue weighted by Crippen LogP contribution is 2.27. The van der Waals surface area contributed by atoms with Crippen LogP contribution in [0.4, 0.5) is 0 Å². The maximum atomic E-state index is 6.27. The Kier molecular flexibility index (Phi) is 5.21. The smallest absolute Gasteiger partial charge is 0.127 e. The molecule has 0 radical (unpaired) electrons. The van der Waals surface area contributed by atoms with Gasteiger partial charge in [0.15, 0.2) is 0 Å². The van der Waals surface area contributed by atoms with Crippen molar-refractivity contribution in [2.45, 2.75) is 37.4 Å². The van der Waals surface area contributed by atoms with Crippen LogP contribution in [0.25, 0.3) is 11.0 Å². The molecular formula is C14H18BrClN2S. The Bertz CT molecular complexity index is 568.